The van der Waals surface area contributed by atoms with Crippen molar-refractivity contribution < 1.29 is 32.2 Å². The number of nitrogens with one attached hydrogen (secondary N) is 1. The maximum Gasteiger partial charge on any atom is 0.573 e. The van der Waals surface area contributed by atoms with E-state index in [1.165, 1.54) is 18.2 Å². The SMILES string of the molecule is CC(C)(C)OC(=O)NC(C=O)c1ccccc1OC(F)(F)F. The van der Waals surface area contributed by atoms with Crippen molar-refractivity contribution in [3.8, 4) is 5.75 Å². The topological polar surface area (TPSA) is 64.6 Å². The van der Waals surface area contributed by atoms with Crippen molar-refractivity contribution in [3.05, 3.63) is 29.8 Å². The summed E-state index contributed by atoms with van der Waals surface area (Å²) >= 11 is 0. The number of halogens is 3. The number of alkyl halides is 3. The highest BCUT2D eigenvalue weighted by molar-refractivity contribution is 5.75. The Labute approximate surface area is 125 Å². The van der Waals surface area contributed by atoms with Crippen LogP contribution in [0.2, 0.25) is 0 Å². The van der Waals surface area contributed by atoms with Gasteiger partial charge in [-0.3, -0.25) is 0 Å². The molecule has 1 N–H and O–H groups in total. The minimum atomic E-state index is -4.91. The van der Waals surface area contributed by atoms with Crippen LogP contribution in [-0.2, 0) is 9.53 Å². The van der Waals surface area contributed by atoms with Gasteiger partial charge in [-0.1, -0.05) is 18.2 Å². The summed E-state index contributed by atoms with van der Waals surface area (Å²) in [6.45, 7) is 4.84. The number of ether oxygens (including phenoxy) is 2. The van der Waals surface area contributed by atoms with E-state index in [2.05, 4.69) is 10.1 Å². The van der Waals surface area contributed by atoms with Crippen molar-refractivity contribution in [2.45, 2.75) is 38.8 Å². The van der Waals surface area contributed by atoms with Gasteiger partial charge >= 0.3 is 12.5 Å². The van der Waals surface area contributed by atoms with Crippen LogP contribution in [0.25, 0.3) is 0 Å². The van der Waals surface area contributed by atoms with Gasteiger partial charge in [-0.2, -0.15) is 0 Å². The number of benzene rings is 1. The second kappa shape index (κ2) is 6.67. The summed E-state index contributed by atoms with van der Waals surface area (Å²) in [5.74, 6) is -0.567. The average Bonchev–Trinajstić information content (AvgIpc) is 2.33. The zero-order chi connectivity index (χ0) is 17.0. The Hall–Kier alpha value is -2.25. The molecule has 0 aliphatic heterocycles. The van der Waals surface area contributed by atoms with E-state index in [4.69, 9.17) is 4.74 Å². The second-order valence-electron chi connectivity index (χ2n) is 5.35. The Balaban J connectivity index is 2.96. The van der Waals surface area contributed by atoms with E-state index in [1.54, 1.807) is 20.8 Å². The Morgan fingerprint density at radius 3 is 2.32 bits per heavy atom. The van der Waals surface area contributed by atoms with E-state index in [0.717, 1.165) is 6.07 Å². The first kappa shape index (κ1) is 17.8. The largest absolute Gasteiger partial charge is 0.573 e. The van der Waals surface area contributed by atoms with Gasteiger partial charge in [0.1, 0.15) is 23.7 Å². The van der Waals surface area contributed by atoms with Gasteiger partial charge in [0.2, 0.25) is 0 Å². The molecule has 8 heteroatoms. The van der Waals surface area contributed by atoms with Gasteiger partial charge in [0, 0.05) is 5.56 Å². The first-order chi connectivity index (χ1) is 10.0. The monoisotopic (exact) mass is 319 g/mol. The molecule has 0 saturated heterocycles. The molecule has 122 valence electrons. The zero-order valence-electron chi connectivity index (χ0n) is 12.2. The average molecular weight is 319 g/mol. The number of aldehydes is 1. The predicted octanol–water partition coefficient (Wildman–Crippen LogP) is 3.35. The number of para-hydroxylation sites is 1. The van der Waals surface area contributed by atoms with Gasteiger partial charge in [0.25, 0.3) is 0 Å². The third-order valence-electron chi connectivity index (χ3n) is 2.29. The second-order valence-corrected chi connectivity index (χ2v) is 5.35. The lowest BCUT2D eigenvalue weighted by Gasteiger charge is -2.22. The minimum Gasteiger partial charge on any atom is -0.444 e. The van der Waals surface area contributed by atoms with Gasteiger partial charge in [-0.05, 0) is 26.8 Å². The number of hydrogen-bond acceptors (Lipinski definition) is 4. The molecule has 1 aromatic rings. The molecule has 0 saturated carbocycles. The number of amides is 1. The smallest absolute Gasteiger partial charge is 0.444 e. The van der Waals surface area contributed by atoms with Crippen molar-refractivity contribution in [3.63, 3.8) is 0 Å². The molecule has 0 aromatic heterocycles. The molecule has 1 atom stereocenters. The summed E-state index contributed by atoms with van der Waals surface area (Å²) in [7, 11) is 0. The maximum absolute atomic E-state index is 12.4. The molecular weight excluding hydrogens is 303 g/mol. The van der Waals surface area contributed by atoms with E-state index < -0.39 is 29.8 Å². The van der Waals surface area contributed by atoms with Gasteiger partial charge in [-0.25, -0.2) is 4.79 Å². The Morgan fingerprint density at radius 2 is 1.82 bits per heavy atom. The molecule has 0 spiro atoms. The van der Waals surface area contributed by atoms with Gasteiger partial charge < -0.3 is 19.6 Å². The number of carbonyl (C=O) groups is 2. The lowest BCUT2D eigenvalue weighted by molar-refractivity contribution is -0.275. The molecule has 1 amide bonds. The first-order valence-corrected chi connectivity index (χ1v) is 6.31. The van der Waals surface area contributed by atoms with Crippen LogP contribution in [0.4, 0.5) is 18.0 Å². The molecule has 1 unspecified atom stereocenters. The van der Waals surface area contributed by atoms with Crippen LogP contribution in [0, 0.1) is 0 Å². The van der Waals surface area contributed by atoms with Crippen LogP contribution in [0.1, 0.15) is 32.4 Å². The zero-order valence-corrected chi connectivity index (χ0v) is 12.2. The molecule has 1 aromatic carbocycles. The third-order valence-corrected chi connectivity index (χ3v) is 2.29. The summed E-state index contributed by atoms with van der Waals surface area (Å²) in [6, 6.07) is 3.72. The molecular formula is C14H16F3NO4. The van der Waals surface area contributed by atoms with Gasteiger partial charge in [0.15, 0.2) is 0 Å². The van der Waals surface area contributed by atoms with Crippen molar-refractivity contribution in [1.82, 2.24) is 5.32 Å². The maximum atomic E-state index is 12.4. The third kappa shape index (κ3) is 6.02. The van der Waals surface area contributed by atoms with E-state index in [1.807, 2.05) is 0 Å². The van der Waals surface area contributed by atoms with E-state index in [-0.39, 0.29) is 5.56 Å². The Kier molecular flexibility index (Phi) is 5.40. The summed E-state index contributed by atoms with van der Waals surface area (Å²) in [5.41, 5.74) is -0.930. The normalized spacial score (nSPS) is 13.2. The fourth-order valence-electron chi connectivity index (χ4n) is 1.57. The predicted molar refractivity (Wildman–Crippen MR) is 71.3 cm³/mol. The fourth-order valence-corrected chi connectivity index (χ4v) is 1.57. The molecule has 0 radical (unpaired) electrons. The van der Waals surface area contributed by atoms with E-state index in [0.29, 0.717) is 6.29 Å². The first-order valence-electron chi connectivity index (χ1n) is 6.31. The van der Waals surface area contributed by atoms with Crippen LogP contribution in [0.5, 0.6) is 5.75 Å². The molecule has 5 nitrogen and oxygen atoms in total. The molecule has 0 aliphatic rings. The highest BCUT2D eigenvalue weighted by atomic mass is 19.4. The fraction of sp³-hybridized carbons (Fsp3) is 0.429. The number of rotatable bonds is 4. The van der Waals surface area contributed by atoms with Gasteiger partial charge in [0.05, 0.1) is 0 Å². The van der Waals surface area contributed by atoms with Crippen molar-refractivity contribution >= 4 is 12.4 Å². The quantitative estimate of drug-likeness (QED) is 0.864. The van der Waals surface area contributed by atoms with E-state index in [9.17, 15) is 22.8 Å². The number of carbonyl (C=O) groups excluding carboxylic acids is 2. The van der Waals surface area contributed by atoms with E-state index >= 15 is 0 Å². The summed E-state index contributed by atoms with van der Waals surface area (Å²) in [5, 5.41) is 2.19. The van der Waals surface area contributed by atoms with Crippen molar-refractivity contribution in [2.75, 3.05) is 0 Å². The standard InChI is InChI=1S/C14H16F3NO4/c1-13(2,3)22-12(20)18-10(8-19)9-6-4-5-7-11(9)21-14(15,16)17/h4-8,10H,1-3H3,(H,18,20). The summed E-state index contributed by atoms with van der Waals surface area (Å²) in [4.78, 5) is 22.8. The minimum absolute atomic E-state index is 0.124. The van der Waals surface area contributed by atoms with Crippen LogP contribution < -0.4 is 10.1 Å². The molecule has 1 rings (SSSR count). The molecule has 0 aliphatic carbocycles. The summed E-state index contributed by atoms with van der Waals surface area (Å²) in [6.07, 6.45) is -5.54. The Morgan fingerprint density at radius 1 is 1.23 bits per heavy atom. The van der Waals surface area contributed by atoms with Crippen LogP contribution in [0.3, 0.4) is 0 Å². The molecule has 0 heterocycles. The lowest BCUT2D eigenvalue weighted by atomic mass is 10.1. The molecule has 22 heavy (non-hydrogen) atoms. The van der Waals surface area contributed by atoms with Crippen LogP contribution in [-0.4, -0.2) is 24.3 Å². The highest BCUT2D eigenvalue weighted by Crippen LogP contribution is 2.29. The lowest BCUT2D eigenvalue weighted by Crippen LogP contribution is -2.35. The van der Waals surface area contributed by atoms with Crippen LogP contribution in [0.15, 0.2) is 24.3 Å². The number of alkyl carbamates (subject to hydrolysis) is 1. The Bertz CT molecular complexity index is 538. The molecule has 0 fully saturated rings. The number of hydrogen-bond donors (Lipinski definition) is 1. The van der Waals surface area contributed by atoms with Crippen LogP contribution >= 0.6 is 0 Å². The molecule has 0 bridgehead atoms. The van der Waals surface area contributed by atoms with Crippen molar-refractivity contribution in [2.24, 2.45) is 0 Å². The highest BCUT2D eigenvalue weighted by Gasteiger charge is 2.33. The van der Waals surface area contributed by atoms with Crippen molar-refractivity contribution in [1.29, 1.82) is 0 Å². The van der Waals surface area contributed by atoms with Gasteiger partial charge in [-0.15, -0.1) is 13.2 Å². The summed E-state index contributed by atoms with van der Waals surface area (Å²) < 4.78 is 45.9.